The predicted molar refractivity (Wildman–Crippen MR) is 153 cm³/mol. The Morgan fingerprint density at radius 3 is 2.42 bits per heavy atom. The summed E-state index contributed by atoms with van der Waals surface area (Å²) in [5, 5.41) is 11.2. The number of likely N-dealkylation sites (tertiary alicyclic amines) is 1. The van der Waals surface area contributed by atoms with Gasteiger partial charge in [-0.2, -0.15) is 0 Å². The summed E-state index contributed by atoms with van der Waals surface area (Å²) in [6.07, 6.45) is 3.17. The van der Waals surface area contributed by atoms with Crippen molar-refractivity contribution in [2.24, 2.45) is 5.92 Å². The van der Waals surface area contributed by atoms with Gasteiger partial charge in [-0.25, -0.2) is 13.8 Å². The molecule has 1 aromatic heterocycles. The van der Waals surface area contributed by atoms with E-state index in [0.717, 1.165) is 56.3 Å². The number of aliphatic carboxylic acids is 1. The zero-order valence-electron chi connectivity index (χ0n) is 24.9. The van der Waals surface area contributed by atoms with Crippen molar-refractivity contribution in [2.45, 2.75) is 51.2 Å². The molecule has 7 nitrogen and oxygen atoms in total. The Morgan fingerprint density at radius 1 is 1.02 bits per heavy atom. The van der Waals surface area contributed by atoms with E-state index in [1.54, 1.807) is 12.1 Å². The summed E-state index contributed by atoms with van der Waals surface area (Å²) in [7, 11) is 0. The first kappa shape index (κ1) is 31.9. The number of pyridine rings is 1. The van der Waals surface area contributed by atoms with Gasteiger partial charge in [-0.3, -0.25) is 4.90 Å². The number of hydrogen-bond donors (Lipinski definition) is 0. The zero-order valence-corrected chi connectivity index (χ0v) is 26.9. The van der Waals surface area contributed by atoms with E-state index in [-0.39, 0.29) is 47.5 Å². The van der Waals surface area contributed by atoms with Crippen LogP contribution in [0.1, 0.15) is 48.3 Å². The Balaban J connectivity index is 0.00000368. The standard InChI is InChI=1S/C33H37F2N3O4.Na/c1-21-15-24(22-7-11-37(12-8-22)27-19-41-20-27)5-6-25(21)18-42-32-28(16-26(34)17-29(32)35)30-3-2-4-31(36-30)38-13-9-23(10-14-38)33(39)40;/h2-6,15-17,22-23,27H,7-14,18-20H2,1H3,(H,39,40);/q;+1/p-1. The second kappa shape index (κ2) is 14.0. The molecule has 0 unspecified atom stereocenters. The SMILES string of the molecule is Cc1cc(C2CCN(C3COC3)CC2)ccc1COc1c(F)cc(F)cc1-c1cccc(N2CCC(C(=O)[O-])CC2)n1.[Na+]. The predicted octanol–water partition coefficient (Wildman–Crippen LogP) is 1.46. The van der Waals surface area contributed by atoms with Crippen molar-refractivity contribution in [2.75, 3.05) is 44.3 Å². The normalized spacial score (nSPS) is 18.6. The molecule has 43 heavy (non-hydrogen) atoms. The van der Waals surface area contributed by atoms with E-state index in [9.17, 15) is 14.3 Å². The van der Waals surface area contributed by atoms with Gasteiger partial charge >= 0.3 is 29.6 Å². The average molecular weight is 600 g/mol. The Hall–Kier alpha value is -2.56. The van der Waals surface area contributed by atoms with Crippen LogP contribution in [-0.4, -0.2) is 61.3 Å². The molecule has 3 fully saturated rings. The van der Waals surface area contributed by atoms with Crippen molar-refractivity contribution in [3.05, 3.63) is 76.9 Å². The molecule has 0 amide bonds. The maximum Gasteiger partial charge on any atom is 1.00 e. The van der Waals surface area contributed by atoms with Crippen LogP contribution in [0.3, 0.4) is 0 Å². The number of anilines is 1. The molecule has 0 atom stereocenters. The zero-order chi connectivity index (χ0) is 29.2. The number of halogens is 2. The number of aromatic nitrogens is 1. The van der Waals surface area contributed by atoms with E-state index in [1.165, 1.54) is 11.6 Å². The average Bonchev–Trinajstić information content (AvgIpc) is 2.96. The van der Waals surface area contributed by atoms with Gasteiger partial charge in [0.05, 0.1) is 24.9 Å². The number of rotatable bonds is 8. The number of ether oxygens (including phenoxy) is 2. The van der Waals surface area contributed by atoms with Crippen molar-refractivity contribution >= 4 is 11.8 Å². The number of hydrogen-bond acceptors (Lipinski definition) is 7. The monoisotopic (exact) mass is 599 g/mol. The third-order valence-electron chi connectivity index (χ3n) is 9.05. The fraction of sp³-hybridized carbons (Fsp3) is 0.455. The summed E-state index contributed by atoms with van der Waals surface area (Å²) in [4.78, 5) is 20.4. The molecule has 3 aromatic rings. The summed E-state index contributed by atoms with van der Waals surface area (Å²) >= 11 is 0. The Morgan fingerprint density at radius 2 is 1.77 bits per heavy atom. The first-order chi connectivity index (χ1) is 20.4. The fourth-order valence-electron chi connectivity index (χ4n) is 6.31. The van der Waals surface area contributed by atoms with Crippen LogP contribution < -0.4 is 44.3 Å². The molecular formula is C33H36F2N3NaO4. The van der Waals surface area contributed by atoms with Crippen LogP contribution >= 0.6 is 0 Å². The van der Waals surface area contributed by atoms with Crippen LogP contribution in [0.25, 0.3) is 11.3 Å². The van der Waals surface area contributed by atoms with Gasteiger partial charge < -0.3 is 24.3 Å². The maximum atomic E-state index is 15.1. The molecule has 0 spiro atoms. The second-order valence-electron chi connectivity index (χ2n) is 11.7. The molecule has 2 aromatic carbocycles. The molecule has 0 radical (unpaired) electrons. The number of carboxylic acid groups (broad SMARTS) is 1. The van der Waals surface area contributed by atoms with Crippen LogP contribution in [-0.2, 0) is 16.1 Å². The number of aryl methyl sites for hydroxylation is 1. The first-order valence-electron chi connectivity index (χ1n) is 14.8. The minimum atomic E-state index is -1.03. The fourth-order valence-corrected chi connectivity index (χ4v) is 6.31. The molecule has 10 heteroatoms. The molecule has 3 aliphatic heterocycles. The summed E-state index contributed by atoms with van der Waals surface area (Å²) in [6.45, 7) is 7.08. The third-order valence-corrected chi connectivity index (χ3v) is 9.05. The van der Waals surface area contributed by atoms with E-state index in [2.05, 4.69) is 22.0 Å². The maximum absolute atomic E-state index is 15.1. The van der Waals surface area contributed by atoms with Gasteiger partial charge in [0.1, 0.15) is 18.2 Å². The number of nitrogens with zero attached hydrogens (tertiary/aromatic N) is 3. The van der Waals surface area contributed by atoms with E-state index in [0.29, 0.717) is 49.4 Å². The van der Waals surface area contributed by atoms with Crippen LogP contribution in [0.4, 0.5) is 14.6 Å². The minimum Gasteiger partial charge on any atom is -0.550 e. The molecule has 0 saturated carbocycles. The Bertz CT molecular complexity index is 1440. The Labute approximate surface area is 273 Å². The molecule has 222 valence electrons. The van der Waals surface area contributed by atoms with Gasteiger partial charge in [0.15, 0.2) is 11.6 Å². The van der Waals surface area contributed by atoms with Gasteiger partial charge in [-0.1, -0.05) is 24.3 Å². The van der Waals surface area contributed by atoms with Gasteiger partial charge in [0.25, 0.3) is 0 Å². The second-order valence-corrected chi connectivity index (χ2v) is 11.7. The molecule has 0 aliphatic carbocycles. The quantitative estimate of drug-likeness (QED) is 0.363. The smallest absolute Gasteiger partial charge is 0.550 e. The summed E-state index contributed by atoms with van der Waals surface area (Å²) in [6, 6.07) is 14.3. The van der Waals surface area contributed by atoms with Crippen LogP contribution in [0.5, 0.6) is 5.75 Å². The summed E-state index contributed by atoms with van der Waals surface area (Å²) in [5.74, 6) is -1.91. The van der Waals surface area contributed by atoms with Crippen LogP contribution in [0.15, 0.2) is 48.5 Å². The Kier molecular flexibility index (Phi) is 10.4. The van der Waals surface area contributed by atoms with Gasteiger partial charge in [0, 0.05) is 36.6 Å². The van der Waals surface area contributed by atoms with Crippen molar-refractivity contribution in [3.8, 4) is 17.0 Å². The summed E-state index contributed by atoms with van der Waals surface area (Å²) in [5.41, 5.74) is 3.95. The molecule has 3 aliphatic rings. The third kappa shape index (κ3) is 7.23. The van der Waals surface area contributed by atoms with Gasteiger partial charge in [0.2, 0.25) is 0 Å². The largest absolute Gasteiger partial charge is 1.00 e. The van der Waals surface area contributed by atoms with Gasteiger partial charge in [-0.15, -0.1) is 0 Å². The number of piperidine rings is 2. The number of carbonyl (C=O) groups excluding carboxylic acids is 1. The van der Waals surface area contributed by atoms with Crippen molar-refractivity contribution < 1.29 is 57.7 Å². The van der Waals surface area contributed by atoms with E-state index in [4.69, 9.17) is 9.47 Å². The van der Waals surface area contributed by atoms with Crippen LogP contribution in [0.2, 0.25) is 0 Å². The minimum absolute atomic E-state index is 0. The van der Waals surface area contributed by atoms with Gasteiger partial charge in [-0.05, 0) is 86.5 Å². The molecule has 0 bridgehead atoms. The molecular weight excluding hydrogens is 563 g/mol. The van der Waals surface area contributed by atoms with E-state index in [1.807, 2.05) is 24.0 Å². The summed E-state index contributed by atoms with van der Waals surface area (Å²) < 4.78 is 40.9. The topological polar surface area (TPSA) is 78.0 Å². The number of benzene rings is 2. The van der Waals surface area contributed by atoms with E-state index >= 15 is 4.39 Å². The first-order valence-corrected chi connectivity index (χ1v) is 14.8. The van der Waals surface area contributed by atoms with E-state index < -0.39 is 23.5 Å². The van der Waals surface area contributed by atoms with Crippen LogP contribution in [0, 0.1) is 24.5 Å². The van der Waals surface area contributed by atoms with Crippen molar-refractivity contribution in [1.82, 2.24) is 9.88 Å². The van der Waals surface area contributed by atoms with Crippen molar-refractivity contribution in [1.29, 1.82) is 0 Å². The number of carbonyl (C=O) groups is 1. The molecule has 4 heterocycles. The molecule has 6 rings (SSSR count). The number of carboxylic acids is 1. The molecule has 0 N–H and O–H groups in total. The van der Waals surface area contributed by atoms with Crippen molar-refractivity contribution in [3.63, 3.8) is 0 Å². The molecule has 3 saturated heterocycles.